The van der Waals surface area contributed by atoms with Gasteiger partial charge in [0.25, 0.3) is 0 Å². The average Bonchev–Trinajstić information content (AvgIpc) is 3.40. The van der Waals surface area contributed by atoms with E-state index in [0.717, 1.165) is 35.2 Å². The molecule has 1 saturated carbocycles. The molecule has 1 aliphatic carbocycles. The number of H-pyrrole nitrogens is 1. The van der Waals surface area contributed by atoms with E-state index in [4.69, 9.17) is 4.74 Å². The first kappa shape index (κ1) is 21.0. The largest absolute Gasteiger partial charge is 0.446 e. The summed E-state index contributed by atoms with van der Waals surface area (Å²) in [4.78, 5) is 31.9. The minimum atomic E-state index is -0.366. The summed E-state index contributed by atoms with van der Waals surface area (Å²) in [5.41, 5.74) is 1.74. The number of alkyl carbamates (subject to hydrolysis) is 1. The number of hydrogen-bond donors (Lipinski definition) is 4. The number of anilines is 3. The molecule has 2 atom stereocenters. The van der Waals surface area contributed by atoms with Crippen LogP contribution in [0.2, 0.25) is 0 Å². The van der Waals surface area contributed by atoms with E-state index in [9.17, 15) is 9.59 Å². The van der Waals surface area contributed by atoms with Gasteiger partial charge in [0.1, 0.15) is 6.10 Å². The standard InChI is InChI=1S/C20H25N7O3S/c1-10(2)22-20(29)30-13-5-4-12(8-13)15-9-16(27-26-15)25-18-17-14(6-7-21-18)24-19(31-17)23-11(3)28/h6-7,9-10,12-13H,4-5,8H2,1-3H3,(H,22,29)(H,23,24,28)(H2,21,25,26,27)/t12-,13+/m0/s1. The van der Waals surface area contributed by atoms with E-state index in [-0.39, 0.29) is 30.1 Å². The maximum atomic E-state index is 11.8. The Balaban J connectivity index is 1.41. The lowest BCUT2D eigenvalue weighted by molar-refractivity contribution is -0.114. The number of carbonyl (C=O) groups is 2. The number of thiazole rings is 1. The van der Waals surface area contributed by atoms with E-state index in [0.29, 0.717) is 16.8 Å². The molecule has 0 bridgehead atoms. The highest BCUT2D eigenvalue weighted by Gasteiger charge is 2.30. The molecule has 4 rings (SSSR count). The molecule has 4 N–H and O–H groups in total. The first-order valence-electron chi connectivity index (χ1n) is 10.2. The average molecular weight is 444 g/mol. The summed E-state index contributed by atoms with van der Waals surface area (Å²) in [6.45, 7) is 5.25. The summed E-state index contributed by atoms with van der Waals surface area (Å²) < 4.78 is 6.34. The number of amides is 2. The molecule has 1 aliphatic rings. The summed E-state index contributed by atoms with van der Waals surface area (Å²) in [7, 11) is 0. The molecular formula is C20H25N7O3S. The first-order valence-corrected chi connectivity index (χ1v) is 11.0. The molecule has 1 fully saturated rings. The van der Waals surface area contributed by atoms with Crippen molar-refractivity contribution in [1.29, 1.82) is 0 Å². The van der Waals surface area contributed by atoms with Crippen LogP contribution in [0.4, 0.5) is 21.6 Å². The molecule has 11 heteroatoms. The number of ether oxygens (including phenoxy) is 1. The SMILES string of the molecule is CC(=O)Nc1nc2ccnc(Nc3cc([C@H]4CC[C@@H](OC(=O)NC(C)C)C4)[nH]n3)c2s1. The first-order chi connectivity index (χ1) is 14.9. The Morgan fingerprint density at radius 1 is 1.32 bits per heavy atom. The van der Waals surface area contributed by atoms with Gasteiger partial charge >= 0.3 is 6.09 Å². The maximum Gasteiger partial charge on any atom is 0.407 e. The van der Waals surface area contributed by atoms with Crippen LogP contribution in [0.3, 0.4) is 0 Å². The van der Waals surface area contributed by atoms with Gasteiger partial charge in [0.2, 0.25) is 5.91 Å². The van der Waals surface area contributed by atoms with E-state index >= 15 is 0 Å². The molecule has 3 aromatic rings. The maximum absolute atomic E-state index is 11.8. The van der Waals surface area contributed by atoms with Crippen molar-refractivity contribution in [2.45, 2.75) is 58.1 Å². The lowest BCUT2D eigenvalue weighted by Crippen LogP contribution is -2.33. The van der Waals surface area contributed by atoms with Crippen molar-refractivity contribution in [3.05, 3.63) is 24.0 Å². The van der Waals surface area contributed by atoms with Crippen LogP contribution >= 0.6 is 11.3 Å². The van der Waals surface area contributed by atoms with E-state index in [2.05, 4.69) is 36.1 Å². The second-order valence-electron chi connectivity index (χ2n) is 7.88. The predicted molar refractivity (Wildman–Crippen MR) is 119 cm³/mol. The molecule has 10 nitrogen and oxygen atoms in total. The molecule has 0 saturated heterocycles. The van der Waals surface area contributed by atoms with Crippen LogP contribution in [-0.4, -0.2) is 44.3 Å². The number of fused-ring (bicyclic) bond motifs is 1. The minimum Gasteiger partial charge on any atom is -0.446 e. The van der Waals surface area contributed by atoms with Gasteiger partial charge in [-0.3, -0.25) is 9.89 Å². The van der Waals surface area contributed by atoms with Crippen molar-refractivity contribution in [2.75, 3.05) is 10.6 Å². The molecule has 0 unspecified atom stereocenters. The van der Waals surface area contributed by atoms with Crippen LogP contribution in [0.25, 0.3) is 10.2 Å². The number of aromatic amines is 1. The van der Waals surface area contributed by atoms with Crippen molar-refractivity contribution in [3.63, 3.8) is 0 Å². The normalized spacial score (nSPS) is 18.3. The fourth-order valence-corrected chi connectivity index (χ4v) is 4.58. The molecular weight excluding hydrogens is 418 g/mol. The van der Waals surface area contributed by atoms with Gasteiger partial charge in [-0.05, 0) is 39.2 Å². The van der Waals surface area contributed by atoms with Crippen molar-refractivity contribution in [3.8, 4) is 0 Å². The zero-order valence-electron chi connectivity index (χ0n) is 17.6. The van der Waals surface area contributed by atoms with Gasteiger partial charge in [-0.15, -0.1) is 0 Å². The minimum absolute atomic E-state index is 0.0527. The van der Waals surface area contributed by atoms with Gasteiger partial charge in [-0.1, -0.05) is 11.3 Å². The third kappa shape index (κ3) is 5.10. The van der Waals surface area contributed by atoms with Crippen molar-refractivity contribution >= 4 is 50.3 Å². The van der Waals surface area contributed by atoms with Gasteiger partial charge in [-0.25, -0.2) is 14.8 Å². The zero-order valence-corrected chi connectivity index (χ0v) is 18.4. The van der Waals surface area contributed by atoms with Crippen molar-refractivity contribution < 1.29 is 14.3 Å². The monoisotopic (exact) mass is 443 g/mol. The third-order valence-corrected chi connectivity index (χ3v) is 5.93. The Bertz CT molecular complexity index is 1090. The third-order valence-electron chi connectivity index (χ3n) is 4.94. The zero-order chi connectivity index (χ0) is 22.0. The molecule has 0 spiro atoms. The Hall–Kier alpha value is -3.21. The van der Waals surface area contributed by atoms with E-state index in [1.807, 2.05) is 19.9 Å². The number of nitrogens with zero attached hydrogens (tertiary/aromatic N) is 3. The number of rotatable bonds is 6. The van der Waals surface area contributed by atoms with Crippen LogP contribution in [-0.2, 0) is 9.53 Å². The van der Waals surface area contributed by atoms with Crippen molar-refractivity contribution in [2.24, 2.45) is 0 Å². The van der Waals surface area contributed by atoms with Crippen LogP contribution in [0.1, 0.15) is 51.6 Å². The Labute approximate surface area is 183 Å². The summed E-state index contributed by atoms with van der Waals surface area (Å²) >= 11 is 1.35. The van der Waals surface area contributed by atoms with E-state index in [1.165, 1.54) is 18.3 Å². The second-order valence-corrected chi connectivity index (χ2v) is 8.88. The highest BCUT2D eigenvalue weighted by atomic mass is 32.1. The van der Waals surface area contributed by atoms with Gasteiger partial charge in [0.15, 0.2) is 16.8 Å². The van der Waals surface area contributed by atoms with Gasteiger partial charge in [0, 0.05) is 36.8 Å². The number of aromatic nitrogens is 4. The van der Waals surface area contributed by atoms with Gasteiger partial charge < -0.3 is 20.7 Å². The summed E-state index contributed by atoms with van der Waals surface area (Å²) in [6, 6.07) is 3.81. The second kappa shape index (κ2) is 8.88. The quantitative estimate of drug-likeness (QED) is 0.454. The number of carbonyl (C=O) groups excluding carboxylic acids is 2. The fourth-order valence-electron chi connectivity index (χ4n) is 3.63. The fraction of sp³-hybridized carbons (Fsp3) is 0.450. The van der Waals surface area contributed by atoms with Crippen LogP contribution in [0.5, 0.6) is 0 Å². The van der Waals surface area contributed by atoms with E-state index in [1.54, 1.807) is 12.3 Å². The van der Waals surface area contributed by atoms with Gasteiger partial charge in [-0.2, -0.15) is 5.10 Å². The summed E-state index contributed by atoms with van der Waals surface area (Å²) in [6.07, 6.45) is 3.71. The summed E-state index contributed by atoms with van der Waals surface area (Å²) in [5.74, 6) is 1.35. The highest BCUT2D eigenvalue weighted by molar-refractivity contribution is 7.22. The van der Waals surface area contributed by atoms with Crippen molar-refractivity contribution in [1.82, 2.24) is 25.5 Å². The lowest BCUT2D eigenvalue weighted by atomic mass is 10.0. The smallest absolute Gasteiger partial charge is 0.407 e. The molecule has 0 radical (unpaired) electrons. The molecule has 31 heavy (non-hydrogen) atoms. The number of hydrogen-bond acceptors (Lipinski definition) is 8. The Morgan fingerprint density at radius 2 is 2.16 bits per heavy atom. The van der Waals surface area contributed by atoms with Crippen LogP contribution in [0, 0.1) is 0 Å². The molecule has 0 aromatic carbocycles. The van der Waals surface area contributed by atoms with E-state index < -0.39 is 0 Å². The van der Waals surface area contributed by atoms with Crippen LogP contribution < -0.4 is 16.0 Å². The Kier molecular flexibility index (Phi) is 6.03. The Morgan fingerprint density at radius 3 is 2.94 bits per heavy atom. The molecule has 3 heterocycles. The topological polar surface area (TPSA) is 134 Å². The summed E-state index contributed by atoms with van der Waals surface area (Å²) in [5, 5.41) is 16.7. The van der Waals surface area contributed by atoms with Crippen LogP contribution in [0.15, 0.2) is 18.3 Å². The number of pyridine rings is 1. The highest BCUT2D eigenvalue weighted by Crippen LogP contribution is 2.37. The predicted octanol–water partition coefficient (Wildman–Crippen LogP) is 3.89. The molecule has 164 valence electrons. The molecule has 3 aromatic heterocycles. The van der Waals surface area contributed by atoms with Gasteiger partial charge in [0.05, 0.1) is 10.2 Å². The molecule has 2 amide bonds. The molecule has 0 aliphatic heterocycles. The number of nitrogens with one attached hydrogen (secondary N) is 4. The lowest BCUT2D eigenvalue weighted by Gasteiger charge is -2.14.